The Morgan fingerprint density at radius 3 is 2.86 bits per heavy atom. The predicted molar refractivity (Wildman–Crippen MR) is 83.6 cm³/mol. The van der Waals surface area contributed by atoms with E-state index in [9.17, 15) is 4.79 Å². The Morgan fingerprint density at radius 1 is 1.43 bits per heavy atom. The van der Waals surface area contributed by atoms with Crippen molar-refractivity contribution in [2.75, 3.05) is 31.1 Å². The minimum Gasteiger partial charge on any atom is -0.351 e. The number of rotatable bonds is 6. The Morgan fingerprint density at radius 2 is 2.29 bits per heavy atom. The lowest BCUT2D eigenvalue weighted by Gasteiger charge is -2.35. The smallest absolute Gasteiger partial charge is 0.271 e. The van der Waals surface area contributed by atoms with Gasteiger partial charge in [0.1, 0.15) is 0 Å². The maximum Gasteiger partial charge on any atom is 0.271 e. The van der Waals surface area contributed by atoms with Crippen molar-refractivity contribution in [2.24, 2.45) is 0 Å². The topological polar surface area (TPSA) is 70.2 Å². The van der Waals surface area contributed by atoms with E-state index in [0.717, 1.165) is 31.9 Å². The highest BCUT2D eigenvalue weighted by atomic mass is 16.1. The van der Waals surface area contributed by atoms with Crippen LogP contribution < -0.4 is 15.5 Å². The van der Waals surface area contributed by atoms with E-state index in [2.05, 4.69) is 32.7 Å². The number of anilines is 1. The van der Waals surface area contributed by atoms with E-state index in [4.69, 9.17) is 0 Å². The molecule has 1 aromatic heterocycles. The number of piperidine rings is 1. The van der Waals surface area contributed by atoms with Crippen molar-refractivity contribution in [3.63, 3.8) is 0 Å². The summed E-state index contributed by atoms with van der Waals surface area (Å²) in [5, 5.41) is 14.5. The lowest BCUT2D eigenvalue weighted by atomic mass is 10.1. The average molecular weight is 291 g/mol. The lowest BCUT2D eigenvalue weighted by Crippen LogP contribution is -2.47. The number of carbonyl (C=O) groups is 1. The molecule has 2 heterocycles. The van der Waals surface area contributed by atoms with Crippen LogP contribution in [0.3, 0.4) is 0 Å². The van der Waals surface area contributed by atoms with Gasteiger partial charge in [-0.1, -0.05) is 6.92 Å². The summed E-state index contributed by atoms with van der Waals surface area (Å²) in [6, 6.07) is 4.12. The molecule has 2 rings (SSSR count). The van der Waals surface area contributed by atoms with E-state index in [1.54, 1.807) is 6.07 Å². The fraction of sp³-hybridized carbons (Fsp3) is 0.667. The second-order valence-electron chi connectivity index (χ2n) is 5.33. The molecule has 1 amide bonds. The summed E-state index contributed by atoms with van der Waals surface area (Å²) >= 11 is 0. The van der Waals surface area contributed by atoms with Gasteiger partial charge in [0, 0.05) is 25.7 Å². The summed E-state index contributed by atoms with van der Waals surface area (Å²) in [7, 11) is 0. The third-order valence-corrected chi connectivity index (χ3v) is 3.69. The zero-order valence-corrected chi connectivity index (χ0v) is 12.9. The normalized spacial score (nSPS) is 18.3. The van der Waals surface area contributed by atoms with Crippen LogP contribution in [-0.4, -0.2) is 48.3 Å². The zero-order valence-electron chi connectivity index (χ0n) is 12.9. The van der Waals surface area contributed by atoms with Gasteiger partial charge in [-0.2, -0.15) is 0 Å². The first kappa shape index (κ1) is 15.7. The van der Waals surface area contributed by atoms with Gasteiger partial charge in [-0.15, -0.1) is 10.2 Å². The van der Waals surface area contributed by atoms with Crippen LogP contribution in [0.25, 0.3) is 0 Å². The van der Waals surface area contributed by atoms with Gasteiger partial charge in [0.25, 0.3) is 5.91 Å². The molecular weight excluding hydrogens is 266 g/mol. The van der Waals surface area contributed by atoms with Gasteiger partial charge >= 0.3 is 0 Å². The van der Waals surface area contributed by atoms with Crippen LogP contribution in [0.4, 0.5) is 5.82 Å². The van der Waals surface area contributed by atoms with Crippen molar-refractivity contribution in [3.8, 4) is 0 Å². The fourth-order valence-electron chi connectivity index (χ4n) is 2.68. The average Bonchev–Trinajstić information content (AvgIpc) is 2.54. The quantitative estimate of drug-likeness (QED) is 0.824. The van der Waals surface area contributed by atoms with Gasteiger partial charge in [-0.05, 0) is 44.9 Å². The first-order chi connectivity index (χ1) is 10.3. The summed E-state index contributed by atoms with van der Waals surface area (Å²) in [5.41, 5.74) is 0.374. The van der Waals surface area contributed by atoms with Crippen LogP contribution in [0.1, 0.15) is 43.6 Å². The van der Waals surface area contributed by atoms with E-state index in [1.165, 1.54) is 12.8 Å². The Kier molecular flexibility index (Phi) is 5.92. The summed E-state index contributed by atoms with van der Waals surface area (Å²) in [6.45, 7) is 7.69. The Balaban J connectivity index is 2.10. The molecule has 116 valence electrons. The van der Waals surface area contributed by atoms with Crippen LogP contribution in [0, 0.1) is 0 Å². The molecule has 1 unspecified atom stereocenters. The van der Waals surface area contributed by atoms with Gasteiger partial charge in [-0.3, -0.25) is 4.79 Å². The van der Waals surface area contributed by atoms with Crippen LogP contribution in [0.5, 0.6) is 0 Å². The molecule has 0 bridgehead atoms. The number of amides is 1. The highest BCUT2D eigenvalue weighted by molar-refractivity contribution is 5.92. The Hall–Kier alpha value is -1.69. The molecule has 0 aromatic carbocycles. The van der Waals surface area contributed by atoms with Crippen molar-refractivity contribution >= 4 is 11.7 Å². The predicted octanol–water partition coefficient (Wildman–Crippen LogP) is 1.19. The Bertz CT molecular complexity index is 442. The monoisotopic (exact) mass is 291 g/mol. The van der Waals surface area contributed by atoms with Gasteiger partial charge in [0.2, 0.25) is 0 Å². The number of nitrogens with one attached hydrogen (secondary N) is 2. The molecule has 1 aliphatic rings. The molecular formula is C15H25N5O. The van der Waals surface area contributed by atoms with Crippen LogP contribution in [0.2, 0.25) is 0 Å². The third kappa shape index (κ3) is 4.14. The van der Waals surface area contributed by atoms with Gasteiger partial charge in [-0.25, -0.2) is 0 Å². The van der Waals surface area contributed by atoms with Crippen molar-refractivity contribution in [2.45, 2.75) is 39.2 Å². The summed E-state index contributed by atoms with van der Waals surface area (Å²) in [6.07, 6.45) is 3.43. The molecule has 6 nitrogen and oxygen atoms in total. The molecule has 0 spiro atoms. The maximum absolute atomic E-state index is 11.7. The van der Waals surface area contributed by atoms with E-state index in [-0.39, 0.29) is 5.91 Å². The van der Waals surface area contributed by atoms with E-state index in [1.807, 2.05) is 13.0 Å². The fourth-order valence-corrected chi connectivity index (χ4v) is 2.68. The highest BCUT2D eigenvalue weighted by Crippen LogP contribution is 2.18. The molecule has 0 radical (unpaired) electrons. The van der Waals surface area contributed by atoms with Crippen LogP contribution >= 0.6 is 0 Å². The molecule has 1 atom stereocenters. The number of aromatic nitrogens is 2. The van der Waals surface area contributed by atoms with E-state index < -0.39 is 0 Å². The molecule has 1 saturated heterocycles. The minimum absolute atomic E-state index is 0.169. The van der Waals surface area contributed by atoms with E-state index in [0.29, 0.717) is 18.3 Å². The molecule has 0 saturated carbocycles. The number of carbonyl (C=O) groups excluding carboxylic acids is 1. The zero-order chi connectivity index (χ0) is 15.1. The van der Waals surface area contributed by atoms with Gasteiger partial charge in [0.05, 0.1) is 0 Å². The summed E-state index contributed by atoms with van der Waals surface area (Å²) < 4.78 is 0. The highest BCUT2D eigenvalue weighted by Gasteiger charge is 2.22. The van der Waals surface area contributed by atoms with E-state index >= 15 is 0 Å². The van der Waals surface area contributed by atoms with Gasteiger partial charge in [0.15, 0.2) is 11.5 Å². The van der Waals surface area contributed by atoms with Gasteiger partial charge < -0.3 is 15.5 Å². The second-order valence-corrected chi connectivity index (χ2v) is 5.33. The number of hydrogen-bond donors (Lipinski definition) is 2. The minimum atomic E-state index is -0.169. The van der Waals surface area contributed by atoms with Crippen molar-refractivity contribution in [3.05, 3.63) is 17.8 Å². The molecule has 0 aliphatic carbocycles. The molecule has 21 heavy (non-hydrogen) atoms. The molecule has 1 aromatic rings. The summed E-state index contributed by atoms with van der Waals surface area (Å²) in [4.78, 5) is 14.0. The maximum atomic E-state index is 11.7. The summed E-state index contributed by atoms with van der Waals surface area (Å²) in [5.74, 6) is 0.691. The molecule has 2 N–H and O–H groups in total. The van der Waals surface area contributed by atoms with Crippen LogP contribution in [0.15, 0.2) is 12.1 Å². The standard InChI is InChI=1S/C15H25N5O/c1-3-10-20(12-6-5-9-16-11-12)14-8-7-13(18-19-14)15(21)17-4-2/h7-8,12,16H,3-6,9-11H2,1-2H3,(H,17,21). The second kappa shape index (κ2) is 7.93. The van der Waals surface area contributed by atoms with Crippen molar-refractivity contribution < 1.29 is 4.79 Å². The first-order valence-corrected chi connectivity index (χ1v) is 7.85. The molecule has 1 aliphatic heterocycles. The lowest BCUT2D eigenvalue weighted by molar-refractivity contribution is 0.0950. The third-order valence-electron chi connectivity index (χ3n) is 3.69. The van der Waals surface area contributed by atoms with Crippen LogP contribution in [-0.2, 0) is 0 Å². The SMILES string of the molecule is CCCN(c1ccc(C(=O)NCC)nn1)C1CCCNC1. The Labute approximate surface area is 126 Å². The number of hydrogen-bond acceptors (Lipinski definition) is 5. The molecule has 6 heteroatoms. The largest absolute Gasteiger partial charge is 0.351 e. The number of nitrogens with zero attached hydrogens (tertiary/aromatic N) is 3. The van der Waals surface area contributed by atoms with Crippen molar-refractivity contribution in [1.29, 1.82) is 0 Å². The first-order valence-electron chi connectivity index (χ1n) is 7.85. The van der Waals surface area contributed by atoms with Crippen molar-refractivity contribution in [1.82, 2.24) is 20.8 Å². The molecule has 1 fully saturated rings.